The molecule has 4 fully saturated rings. The summed E-state index contributed by atoms with van der Waals surface area (Å²) in [6, 6.07) is 9.78. The van der Waals surface area contributed by atoms with Gasteiger partial charge in [0, 0.05) is 62.1 Å². The number of carbonyl (C=O) groups is 6. The molecule has 318 valence electrons. The van der Waals surface area contributed by atoms with Gasteiger partial charge in [-0.3, -0.25) is 39.0 Å². The van der Waals surface area contributed by atoms with Crippen molar-refractivity contribution in [1.29, 1.82) is 0 Å². The third kappa shape index (κ3) is 8.28. The molecule has 1 aromatic carbocycles. The van der Waals surface area contributed by atoms with Gasteiger partial charge in [-0.25, -0.2) is 19.9 Å². The quantitative estimate of drug-likeness (QED) is 0.151. The number of amides is 6. The lowest BCUT2D eigenvalue weighted by Crippen LogP contribution is -2.54. The third-order valence-corrected chi connectivity index (χ3v) is 13.0. The van der Waals surface area contributed by atoms with Gasteiger partial charge in [0.05, 0.1) is 24.0 Å². The summed E-state index contributed by atoms with van der Waals surface area (Å²) in [5.41, 5.74) is 3.48. The zero-order valence-corrected chi connectivity index (χ0v) is 34.1. The molecule has 0 radical (unpaired) electrons. The van der Waals surface area contributed by atoms with E-state index in [2.05, 4.69) is 45.7 Å². The number of rotatable bonds is 12. The molecule has 9 rings (SSSR count). The second kappa shape index (κ2) is 17.0. The fourth-order valence-corrected chi connectivity index (χ4v) is 9.36. The van der Waals surface area contributed by atoms with Crippen molar-refractivity contribution in [1.82, 2.24) is 49.8 Å². The number of nitrogens with one attached hydrogen (secondary N) is 4. The molecule has 61 heavy (non-hydrogen) atoms. The first-order valence-electron chi connectivity index (χ1n) is 21.4. The zero-order valence-electron chi connectivity index (χ0n) is 34.1. The number of aryl methyl sites for hydroxylation is 1. The minimum atomic E-state index is -1.05. The zero-order chi connectivity index (χ0) is 42.2. The highest BCUT2D eigenvalue weighted by Gasteiger charge is 2.45. The Morgan fingerprint density at radius 2 is 1.66 bits per heavy atom. The van der Waals surface area contributed by atoms with Crippen molar-refractivity contribution in [2.75, 3.05) is 49.9 Å². The van der Waals surface area contributed by atoms with Gasteiger partial charge in [-0.2, -0.15) is 0 Å². The second-order valence-corrected chi connectivity index (χ2v) is 16.9. The molecule has 3 aromatic heterocycles. The van der Waals surface area contributed by atoms with Crippen molar-refractivity contribution >= 4 is 58.1 Å². The number of piperidine rings is 3. The van der Waals surface area contributed by atoms with E-state index in [9.17, 15) is 28.8 Å². The Labute approximate surface area is 352 Å². The molecule has 18 heteroatoms. The molecular weight excluding hydrogens is 781 g/mol. The van der Waals surface area contributed by atoms with Crippen LogP contribution in [0.3, 0.4) is 0 Å². The smallest absolute Gasteiger partial charge is 0.270 e. The summed E-state index contributed by atoms with van der Waals surface area (Å²) in [7, 11) is 0. The summed E-state index contributed by atoms with van der Waals surface area (Å²) in [5, 5.41) is 12.0. The van der Waals surface area contributed by atoms with E-state index in [1.54, 1.807) is 24.5 Å². The maximum atomic E-state index is 13.4. The molecular formula is C43H50N12O6. The number of carbonyl (C=O) groups excluding carboxylic acids is 6. The van der Waals surface area contributed by atoms with E-state index in [-0.39, 0.29) is 60.5 Å². The highest BCUT2D eigenvalue weighted by atomic mass is 16.2. The summed E-state index contributed by atoms with van der Waals surface area (Å²) in [6.07, 6.45) is 10.1. The lowest BCUT2D eigenvalue weighted by Gasteiger charge is -2.36. The van der Waals surface area contributed by atoms with Crippen LogP contribution in [0.2, 0.25) is 0 Å². The molecule has 5 aliphatic rings. The molecule has 6 amide bonds. The van der Waals surface area contributed by atoms with Gasteiger partial charge in [0.25, 0.3) is 17.7 Å². The highest BCUT2D eigenvalue weighted by molar-refractivity contribution is 6.25. The van der Waals surface area contributed by atoms with Crippen molar-refractivity contribution in [3.05, 3.63) is 71.6 Å². The Bertz CT molecular complexity index is 2380. The number of pyridine rings is 1. The van der Waals surface area contributed by atoms with Crippen LogP contribution in [-0.2, 0) is 14.4 Å². The molecule has 1 aliphatic carbocycles. The van der Waals surface area contributed by atoms with E-state index in [0.29, 0.717) is 30.4 Å². The fraction of sp³-hybridized carbons (Fsp3) is 0.488. The molecule has 4 aromatic rings. The van der Waals surface area contributed by atoms with Gasteiger partial charge < -0.3 is 30.3 Å². The predicted molar refractivity (Wildman–Crippen MR) is 222 cm³/mol. The van der Waals surface area contributed by atoms with Crippen LogP contribution in [0.25, 0.3) is 11.2 Å². The van der Waals surface area contributed by atoms with Crippen LogP contribution in [0, 0.1) is 12.8 Å². The lowest BCUT2D eigenvalue weighted by molar-refractivity contribution is -0.136. The first kappa shape index (κ1) is 40.1. The van der Waals surface area contributed by atoms with Crippen molar-refractivity contribution < 1.29 is 28.8 Å². The van der Waals surface area contributed by atoms with Gasteiger partial charge >= 0.3 is 0 Å². The van der Waals surface area contributed by atoms with Crippen molar-refractivity contribution in [2.45, 2.75) is 88.9 Å². The number of hydrogen-bond donors (Lipinski definition) is 4. The van der Waals surface area contributed by atoms with E-state index >= 15 is 0 Å². The Morgan fingerprint density at radius 1 is 0.869 bits per heavy atom. The summed E-state index contributed by atoms with van der Waals surface area (Å²) in [6.45, 7) is 6.16. The van der Waals surface area contributed by atoms with E-state index in [1.807, 2.05) is 30.3 Å². The number of likely N-dealkylation sites (tertiary alicyclic amines) is 2. The molecule has 0 spiro atoms. The molecule has 4 N–H and O–H groups in total. The van der Waals surface area contributed by atoms with Gasteiger partial charge in [-0.05, 0) is 95.0 Å². The summed E-state index contributed by atoms with van der Waals surface area (Å²) >= 11 is 0. The average Bonchev–Trinajstić information content (AvgIpc) is 3.79. The topological polar surface area (TPSA) is 217 Å². The van der Waals surface area contributed by atoms with Crippen LogP contribution in [0.4, 0.5) is 11.5 Å². The summed E-state index contributed by atoms with van der Waals surface area (Å²) in [4.78, 5) is 100. The Balaban J connectivity index is 0.691. The van der Waals surface area contributed by atoms with Gasteiger partial charge in [0.2, 0.25) is 17.7 Å². The number of hydrogen-bond acceptors (Lipinski definition) is 13. The average molecular weight is 831 g/mol. The standard InChI is InChI=1S/C43H50N12O6/c1-25-4-2-7-32(48-25)40(58)50-28-20-29(21-28)54-24-47-37-38(45-23-46-39(37)54)49-27-13-16-52(17-14-27)15-10-26-11-18-53(19-12-26)35(57)22-44-31-6-3-5-30-36(31)43(61)55(42(30)60)33-8-9-34(56)51-41(33)59/h2-7,23-24,26-29,33,44H,8-22H2,1H3,(H,50,58)(H,45,46,49)(H,51,56,59)/t28?,29?,33-/m0/s1. The Kier molecular flexibility index (Phi) is 11.2. The van der Waals surface area contributed by atoms with Crippen LogP contribution >= 0.6 is 0 Å². The molecule has 0 unspecified atom stereocenters. The number of fused-ring (bicyclic) bond motifs is 2. The Morgan fingerprint density at radius 3 is 2.43 bits per heavy atom. The van der Waals surface area contributed by atoms with Crippen LogP contribution in [0.5, 0.6) is 0 Å². The van der Waals surface area contributed by atoms with Crippen LogP contribution in [-0.4, -0.2) is 132 Å². The van der Waals surface area contributed by atoms with Crippen molar-refractivity contribution in [2.24, 2.45) is 5.92 Å². The van der Waals surface area contributed by atoms with Crippen LogP contribution < -0.4 is 21.3 Å². The normalized spacial score (nSPS) is 22.5. The molecule has 1 saturated carbocycles. The number of aromatic nitrogens is 5. The summed E-state index contributed by atoms with van der Waals surface area (Å²) < 4.78 is 2.10. The number of nitrogens with zero attached hydrogens (tertiary/aromatic N) is 8. The van der Waals surface area contributed by atoms with Crippen LogP contribution in [0.15, 0.2) is 49.1 Å². The van der Waals surface area contributed by atoms with Gasteiger partial charge in [0.1, 0.15) is 23.6 Å². The highest BCUT2D eigenvalue weighted by Crippen LogP contribution is 2.36. The van der Waals surface area contributed by atoms with Gasteiger partial charge in [-0.15, -0.1) is 0 Å². The number of benzene rings is 1. The SMILES string of the molecule is Cc1cccc(C(=O)NC2CC(n3cnc4c(NC5CCN(CCC6CCN(C(=O)CNc7cccc8c7C(=O)N([C@H]7CCC(=O)NC7=O)C8=O)CC6)CC5)ncnc43)C2)n1. The Hall–Kier alpha value is -6.30. The maximum absolute atomic E-state index is 13.4. The number of anilines is 2. The van der Waals surface area contributed by atoms with Crippen molar-refractivity contribution in [3.8, 4) is 0 Å². The molecule has 18 nitrogen and oxygen atoms in total. The molecule has 3 saturated heterocycles. The minimum absolute atomic E-state index is 0.0259. The van der Waals surface area contributed by atoms with E-state index in [0.717, 1.165) is 92.2 Å². The van der Waals surface area contributed by atoms with E-state index in [1.165, 1.54) is 6.07 Å². The largest absolute Gasteiger partial charge is 0.375 e. The number of imide groups is 2. The second-order valence-electron chi connectivity index (χ2n) is 16.9. The van der Waals surface area contributed by atoms with Crippen molar-refractivity contribution in [3.63, 3.8) is 0 Å². The first-order valence-corrected chi connectivity index (χ1v) is 21.4. The monoisotopic (exact) mass is 830 g/mol. The predicted octanol–water partition coefficient (Wildman–Crippen LogP) is 2.68. The van der Waals surface area contributed by atoms with E-state index in [4.69, 9.17) is 4.98 Å². The molecule has 0 bridgehead atoms. The van der Waals surface area contributed by atoms with Crippen LogP contribution in [0.1, 0.15) is 101 Å². The third-order valence-electron chi connectivity index (χ3n) is 13.0. The van der Waals surface area contributed by atoms with Gasteiger partial charge in [-0.1, -0.05) is 12.1 Å². The van der Waals surface area contributed by atoms with E-state index < -0.39 is 29.7 Å². The molecule has 7 heterocycles. The maximum Gasteiger partial charge on any atom is 0.270 e. The molecule has 1 atom stereocenters. The number of imidazole rings is 1. The molecule has 4 aliphatic heterocycles. The minimum Gasteiger partial charge on any atom is -0.375 e. The lowest BCUT2D eigenvalue weighted by atomic mass is 9.86. The summed E-state index contributed by atoms with van der Waals surface area (Å²) in [5.74, 6) is -1.23. The first-order chi connectivity index (χ1) is 29.6. The fourth-order valence-electron chi connectivity index (χ4n) is 9.36. The van der Waals surface area contributed by atoms with Gasteiger partial charge in [0.15, 0.2) is 11.5 Å².